The minimum absolute atomic E-state index is 0.414. The number of amides is 2. The van der Waals surface area contributed by atoms with E-state index >= 15 is 0 Å². The highest BCUT2D eigenvalue weighted by atomic mass is 32.1. The van der Waals surface area contributed by atoms with Crippen molar-refractivity contribution in [2.24, 2.45) is 0 Å². The SMILES string of the molecule is CCc1ccsc1CNC(=O)C(=O)N1CCCNCC1. The number of hydrogen-bond donors (Lipinski definition) is 2. The molecule has 1 saturated heterocycles. The Morgan fingerprint density at radius 3 is 3.05 bits per heavy atom. The highest BCUT2D eigenvalue weighted by molar-refractivity contribution is 7.10. The van der Waals surface area contributed by atoms with Crippen molar-refractivity contribution in [2.45, 2.75) is 26.3 Å². The summed E-state index contributed by atoms with van der Waals surface area (Å²) >= 11 is 1.62. The molecule has 0 saturated carbocycles. The normalized spacial score (nSPS) is 15.8. The van der Waals surface area contributed by atoms with E-state index in [1.54, 1.807) is 16.2 Å². The first-order valence-electron chi connectivity index (χ1n) is 7.05. The zero-order chi connectivity index (χ0) is 14.4. The molecule has 1 aliphatic rings. The molecule has 20 heavy (non-hydrogen) atoms. The number of rotatable bonds is 3. The molecule has 2 heterocycles. The Balaban J connectivity index is 1.86. The summed E-state index contributed by atoms with van der Waals surface area (Å²) in [6.07, 6.45) is 1.84. The number of nitrogens with zero attached hydrogens (tertiary/aromatic N) is 1. The van der Waals surface area contributed by atoms with Crippen molar-refractivity contribution in [1.82, 2.24) is 15.5 Å². The third-order valence-corrected chi connectivity index (χ3v) is 4.41. The van der Waals surface area contributed by atoms with Gasteiger partial charge in [-0.25, -0.2) is 0 Å². The highest BCUT2D eigenvalue weighted by Crippen LogP contribution is 2.16. The van der Waals surface area contributed by atoms with E-state index in [2.05, 4.69) is 23.6 Å². The number of hydrogen-bond acceptors (Lipinski definition) is 4. The second kappa shape index (κ2) is 7.40. The fourth-order valence-corrected chi connectivity index (χ4v) is 3.18. The van der Waals surface area contributed by atoms with Crippen LogP contribution in [0.2, 0.25) is 0 Å². The third-order valence-electron chi connectivity index (χ3n) is 3.45. The first kappa shape index (κ1) is 15.0. The number of carbonyl (C=O) groups is 2. The first-order chi connectivity index (χ1) is 9.72. The van der Waals surface area contributed by atoms with Crippen LogP contribution >= 0.6 is 11.3 Å². The largest absolute Gasteiger partial charge is 0.343 e. The molecule has 2 amide bonds. The summed E-state index contributed by atoms with van der Waals surface area (Å²) in [7, 11) is 0. The van der Waals surface area contributed by atoms with Gasteiger partial charge in [-0.2, -0.15) is 0 Å². The van der Waals surface area contributed by atoms with Crippen LogP contribution in [-0.2, 0) is 22.6 Å². The number of carbonyl (C=O) groups excluding carboxylic acids is 2. The highest BCUT2D eigenvalue weighted by Gasteiger charge is 2.22. The minimum Gasteiger partial charge on any atom is -0.343 e. The molecule has 2 rings (SSSR count). The Bertz CT molecular complexity index is 465. The van der Waals surface area contributed by atoms with Crippen LogP contribution < -0.4 is 10.6 Å². The first-order valence-corrected chi connectivity index (χ1v) is 7.93. The van der Waals surface area contributed by atoms with Crippen LogP contribution in [0.4, 0.5) is 0 Å². The van der Waals surface area contributed by atoms with E-state index in [0.717, 1.165) is 30.8 Å². The molecule has 6 heteroatoms. The van der Waals surface area contributed by atoms with Gasteiger partial charge < -0.3 is 15.5 Å². The van der Waals surface area contributed by atoms with E-state index in [9.17, 15) is 9.59 Å². The summed E-state index contributed by atoms with van der Waals surface area (Å²) in [6.45, 7) is 5.44. The summed E-state index contributed by atoms with van der Waals surface area (Å²) in [5, 5.41) is 7.97. The molecule has 0 radical (unpaired) electrons. The second-order valence-electron chi connectivity index (χ2n) is 4.80. The fourth-order valence-electron chi connectivity index (χ4n) is 2.27. The van der Waals surface area contributed by atoms with Crippen molar-refractivity contribution in [3.63, 3.8) is 0 Å². The van der Waals surface area contributed by atoms with Crippen molar-refractivity contribution in [2.75, 3.05) is 26.2 Å². The molecule has 1 aliphatic heterocycles. The summed E-state index contributed by atoms with van der Waals surface area (Å²) in [6, 6.07) is 2.06. The van der Waals surface area contributed by atoms with E-state index in [4.69, 9.17) is 0 Å². The van der Waals surface area contributed by atoms with Gasteiger partial charge in [-0.3, -0.25) is 9.59 Å². The Labute approximate surface area is 123 Å². The zero-order valence-electron chi connectivity index (χ0n) is 11.8. The van der Waals surface area contributed by atoms with Gasteiger partial charge in [0.1, 0.15) is 0 Å². The van der Waals surface area contributed by atoms with E-state index < -0.39 is 11.8 Å². The van der Waals surface area contributed by atoms with Crippen molar-refractivity contribution in [3.05, 3.63) is 21.9 Å². The van der Waals surface area contributed by atoms with Crippen molar-refractivity contribution in [3.8, 4) is 0 Å². The maximum absolute atomic E-state index is 12.1. The summed E-state index contributed by atoms with van der Waals surface area (Å²) in [4.78, 5) is 26.7. The van der Waals surface area contributed by atoms with Gasteiger partial charge in [0.05, 0.1) is 6.54 Å². The molecule has 0 unspecified atom stereocenters. The maximum atomic E-state index is 12.1. The lowest BCUT2D eigenvalue weighted by Crippen LogP contribution is -2.44. The number of aryl methyl sites for hydroxylation is 1. The van der Waals surface area contributed by atoms with Gasteiger partial charge in [0.15, 0.2) is 0 Å². The van der Waals surface area contributed by atoms with Crippen LogP contribution in [-0.4, -0.2) is 42.9 Å². The predicted octanol–water partition coefficient (Wildman–Crippen LogP) is 0.749. The molecule has 0 bridgehead atoms. The van der Waals surface area contributed by atoms with Crippen molar-refractivity contribution >= 4 is 23.2 Å². The van der Waals surface area contributed by atoms with Gasteiger partial charge in [0, 0.05) is 24.5 Å². The number of nitrogens with one attached hydrogen (secondary N) is 2. The summed E-state index contributed by atoms with van der Waals surface area (Å²) in [5.41, 5.74) is 1.24. The molecule has 2 N–H and O–H groups in total. The molecule has 5 nitrogen and oxygen atoms in total. The van der Waals surface area contributed by atoms with Gasteiger partial charge in [-0.05, 0) is 36.4 Å². The minimum atomic E-state index is -0.498. The molecule has 0 aliphatic carbocycles. The molecule has 1 aromatic heterocycles. The van der Waals surface area contributed by atoms with E-state index in [1.807, 2.05) is 5.38 Å². The van der Waals surface area contributed by atoms with Gasteiger partial charge in [-0.1, -0.05) is 6.92 Å². The van der Waals surface area contributed by atoms with Crippen LogP contribution in [0.1, 0.15) is 23.8 Å². The van der Waals surface area contributed by atoms with Crippen LogP contribution in [0.25, 0.3) is 0 Å². The van der Waals surface area contributed by atoms with Gasteiger partial charge in [-0.15, -0.1) is 11.3 Å². The van der Waals surface area contributed by atoms with E-state index in [1.165, 1.54) is 5.56 Å². The van der Waals surface area contributed by atoms with Gasteiger partial charge in [0.25, 0.3) is 0 Å². The Hall–Kier alpha value is -1.40. The Morgan fingerprint density at radius 1 is 1.40 bits per heavy atom. The molecule has 1 fully saturated rings. The fraction of sp³-hybridized carbons (Fsp3) is 0.571. The quantitative estimate of drug-likeness (QED) is 0.809. The van der Waals surface area contributed by atoms with Gasteiger partial charge in [0.2, 0.25) is 0 Å². The molecule has 1 aromatic rings. The monoisotopic (exact) mass is 295 g/mol. The molecule has 110 valence electrons. The molecular formula is C14H21N3O2S. The molecule has 0 atom stereocenters. The average Bonchev–Trinajstić information content (AvgIpc) is 2.75. The van der Waals surface area contributed by atoms with Gasteiger partial charge >= 0.3 is 11.8 Å². The lowest BCUT2D eigenvalue weighted by molar-refractivity contribution is -0.145. The Morgan fingerprint density at radius 2 is 2.25 bits per heavy atom. The number of thiophene rings is 1. The summed E-state index contributed by atoms with van der Waals surface area (Å²) in [5.74, 6) is -0.911. The van der Waals surface area contributed by atoms with Crippen LogP contribution in [0.3, 0.4) is 0 Å². The maximum Gasteiger partial charge on any atom is 0.311 e. The van der Waals surface area contributed by atoms with Crippen molar-refractivity contribution in [1.29, 1.82) is 0 Å². The average molecular weight is 295 g/mol. The Kier molecular flexibility index (Phi) is 5.55. The van der Waals surface area contributed by atoms with Crippen LogP contribution in [0.15, 0.2) is 11.4 Å². The standard InChI is InChI=1S/C14H21N3O2S/c1-2-11-4-9-20-12(11)10-16-13(18)14(19)17-7-3-5-15-6-8-17/h4,9,15H,2-3,5-8,10H2,1H3,(H,16,18). The molecule has 0 aromatic carbocycles. The lowest BCUT2D eigenvalue weighted by atomic mass is 10.2. The van der Waals surface area contributed by atoms with E-state index in [0.29, 0.717) is 19.6 Å². The second-order valence-corrected chi connectivity index (χ2v) is 5.80. The van der Waals surface area contributed by atoms with Crippen LogP contribution in [0, 0.1) is 0 Å². The van der Waals surface area contributed by atoms with Crippen molar-refractivity contribution < 1.29 is 9.59 Å². The topological polar surface area (TPSA) is 61.4 Å². The lowest BCUT2D eigenvalue weighted by Gasteiger charge is -2.19. The smallest absolute Gasteiger partial charge is 0.311 e. The van der Waals surface area contributed by atoms with E-state index in [-0.39, 0.29) is 0 Å². The zero-order valence-corrected chi connectivity index (χ0v) is 12.6. The molecule has 0 spiro atoms. The third kappa shape index (κ3) is 3.80. The summed E-state index contributed by atoms with van der Waals surface area (Å²) < 4.78 is 0. The molecular weight excluding hydrogens is 274 g/mol. The van der Waals surface area contributed by atoms with Crippen LogP contribution in [0.5, 0.6) is 0 Å². The predicted molar refractivity (Wildman–Crippen MR) is 79.6 cm³/mol.